The summed E-state index contributed by atoms with van der Waals surface area (Å²) in [6.07, 6.45) is 6.25. The highest BCUT2D eigenvalue weighted by Crippen LogP contribution is 2.25. The number of amides is 1. The number of aromatic amines is 1. The first-order chi connectivity index (χ1) is 10.7. The van der Waals surface area contributed by atoms with Crippen molar-refractivity contribution in [1.29, 1.82) is 0 Å². The van der Waals surface area contributed by atoms with E-state index in [1.54, 1.807) is 0 Å². The van der Waals surface area contributed by atoms with E-state index in [0.717, 1.165) is 48.7 Å². The third-order valence-corrected chi connectivity index (χ3v) is 4.66. The smallest absolute Gasteiger partial charge is 0.227 e. The van der Waals surface area contributed by atoms with E-state index in [1.807, 2.05) is 11.1 Å². The molecular weight excluding hydrogens is 276 g/mol. The SMILES string of the molecule is Cc1ccc2c(CC(=O)N3CCCC3CCCO)c[nH]c2c1. The number of aliphatic hydroxyl groups excluding tert-OH is 1. The first kappa shape index (κ1) is 15.1. The van der Waals surface area contributed by atoms with Crippen LogP contribution in [0.5, 0.6) is 0 Å². The molecule has 1 aromatic carbocycles. The highest BCUT2D eigenvalue weighted by Gasteiger charge is 2.28. The van der Waals surface area contributed by atoms with Crippen molar-refractivity contribution in [3.8, 4) is 0 Å². The molecule has 118 valence electrons. The first-order valence-corrected chi connectivity index (χ1v) is 8.16. The third kappa shape index (κ3) is 3.02. The van der Waals surface area contributed by atoms with Crippen LogP contribution < -0.4 is 0 Å². The quantitative estimate of drug-likeness (QED) is 0.892. The fourth-order valence-corrected chi connectivity index (χ4v) is 3.50. The summed E-state index contributed by atoms with van der Waals surface area (Å²) in [5.41, 5.74) is 3.39. The predicted octanol–water partition coefficient (Wildman–Crippen LogP) is 2.78. The molecule has 0 saturated carbocycles. The Bertz CT molecular complexity index is 662. The van der Waals surface area contributed by atoms with Crippen LogP contribution in [0.1, 0.15) is 36.8 Å². The van der Waals surface area contributed by atoms with Gasteiger partial charge in [0.1, 0.15) is 0 Å². The Labute approximate surface area is 131 Å². The highest BCUT2D eigenvalue weighted by atomic mass is 16.3. The van der Waals surface area contributed by atoms with Gasteiger partial charge in [-0.05, 0) is 49.8 Å². The number of aryl methyl sites for hydroxylation is 1. The van der Waals surface area contributed by atoms with Crippen LogP contribution in [0.2, 0.25) is 0 Å². The fraction of sp³-hybridized carbons (Fsp3) is 0.500. The molecule has 2 heterocycles. The summed E-state index contributed by atoms with van der Waals surface area (Å²) in [6, 6.07) is 6.61. The van der Waals surface area contributed by atoms with Crippen molar-refractivity contribution in [2.75, 3.05) is 13.2 Å². The zero-order valence-corrected chi connectivity index (χ0v) is 13.1. The molecule has 0 radical (unpaired) electrons. The molecule has 22 heavy (non-hydrogen) atoms. The number of aliphatic hydroxyl groups is 1. The minimum Gasteiger partial charge on any atom is -0.396 e. The van der Waals surface area contributed by atoms with Gasteiger partial charge in [-0.25, -0.2) is 0 Å². The Balaban J connectivity index is 1.72. The molecule has 1 fully saturated rings. The molecule has 1 aliphatic heterocycles. The van der Waals surface area contributed by atoms with Crippen molar-refractivity contribution in [3.05, 3.63) is 35.5 Å². The topological polar surface area (TPSA) is 56.3 Å². The minimum absolute atomic E-state index is 0.209. The summed E-state index contributed by atoms with van der Waals surface area (Å²) >= 11 is 0. The molecule has 4 heteroatoms. The van der Waals surface area contributed by atoms with Crippen LogP contribution in [0, 0.1) is 6.92 Å². The van der Waals surface area contributed by atoms with E-state index >= 15 is 0 Å². The molecule has 0 bridgehead atoms. The molecular formula is C18H24N2O2. The van der Waals surface area contributed by atoms with Gasteiger partial charge in [-0.15, -0.1) is 0 Å². The monoisotopic (exact) mass is 300 g/mol. The van der Waals surface area contributed by atoms with Crippen LogP contribution in [-0.4, -0.2) is 40.1 Å². The lowest BCUT2D eigenvalue weighted by molar-refractivity contribution is -0.131. The lowest BCUT2D eigenvalue weighted by Crippen LogP contribution is -2.36. The second kappa shape index (κ2) is 6.53. The summed E-state index contributed by atoms with van der Waals surface area (Å²) in [6.45, 7) is 3.14. The number of benzene rings is 1. The normalized spacial score (nSPS) is 18.3. The second-order valence-electron chi connectivity index (χ2n) is 6.29. The third-order valence-electron chi connectivity index (χ3n) is 4.66. The Kier molecular flexibility index (Phi) is 4.48. The lowest BCUT2D eigenvalue weighted by Gasteiger charge is -2.24. The number of aromatic nitrogens is 1. The number of fused-ring (bicyclic) bond motifs is 1. The molecule has 4 nitrogen and oxygen atoms in total. The maximum atomic E-state index is 12.6. The first-order valence-electron chi connectivity index (χ1n) is 8.16. The Morgan fingerprint density at radius 3 is 3.14 bits per heavy atom. The van der Waals surface area contributed by atoms with Gasteiger partial charge in [-0.1, -0.05) is 12.1 Å². The summed E-state index contributed by atoms with van der Waals surface area (Å²) in [7, 11) is 0. The second-order valence-corrected chi connectivity index (χ2v) is 6.29. The predicted molar refractivity (Wildman–Crippen MR) is 87.8 cm³/mol. The van der Waals surface area contributed by atoms with Gasteiger partial charge in [-0.2, -0.15) is 0 Å². The number of nitrogens with one attached hydrogen (secondary N) is 1. The Morgan fingerprint density at radius 1 is 1.45 bits per heavy atom. The number of likely N-dealkylation sites (tertiary alicyclic amines) is 1. The van der Waals surface area contributed by atoms with Gasteiger partial charge in [0.15, 0.2) is 0 Å². The van der Waals surface area contributed by atoms with E-state index in [9.17, 15) is 4.79 Å². The van der Waals surface area contributed by atoms with Crippen molar-refractivity contribution in [2.45, 2.75) is 45.1 Å². The summed E-state index contributed by atoms with van der Waals surface area (Å²) < 4.78 is 0. The Morgan fingerprint density at radius 2 is 2.32 bits per heavy atom. The number of carbonyl (C=O) groups excluding carboxylic acids is 1. The standard InChI is InChI=1S/C18H24N2O2/c1-13-6-7-16-14(12-19-17(16)10-13)11-18(22)20-8-2-4-15(20)5-3-9-21/h6-7,10,12,15,19,21H,2-5,8-9,11H2,1H3. The van der Waals surface area contributed by atoms with E-state index in [-0.39, 0.29) is 12.5 Å². The Hall–Kier alpha value is -1.81. The van der Waals surface area contributed by atoms with Gasteiger partial charge >= 0.3 is 0 Å². The molecule has 3 rings (SSSR count). The number of H-pyrrole nitrogens is 1. The number of hydrogen-bond acceptors (Lipinski definition) is 2. The van der Waals surface area contributed by atoms with Crippen molar-refractivity contribution in [2.24, 2.45) is 0 Å². The minimum atomic E-state index is 0.209. The van der Waals surface area contributed by atoms with Gasteiger partial charge in [0, 0.05) is 36.3 Å². The zero-order valence-electron chi connectivity index (χ0n) is 13.1. The lowest BCUT2D eigenvalue weighted by atomic mass is 10.1. The van der Waals surface area contributed by atoms with E-state index in [2.05, 4.69) is 30.1 Å². The molecule has 2 N–H and O–H groups in total. The number of rotatable bonds is 5. The van der Waals surface area contributed by atoms with E-state index < -0.39 is 0 Å². The van der Waals surface area contributed by atoms with Crippen molar-refractivity contribution < 1.29 is 9.90 Å². The van der Waals surface area contributed by atoms with E-state index in [1.165, 1.54) is 5.56 Å². The molecule has 1 aromatic heterocycles. The maximum Gasteiger partial charge on any atom is 0.227 e. The molecule has 1 aliphatic rings. The van der Waals surface area contributed by atoms with Gasteiger partial charge in [-0.3, -0.25) is 4.79 Å². The molecule has 1 unspecified atom stereocenters. The number of hydrogen-bond donors (Lipinski definition) is 2. The summed E-state index contributed by atoms with van der Waals surface area (Å²) in [5.74, 6) is 0.210. The van der Waals surface area contributed by atoms with Crippen LogP contribution >= 0.6 is 0 Å². The molecule has 0 spiro atoms. The summed E-state index contributed by atoms with van der Waals surface area (Å²) in [5, 5.41) is 10.1. The highest BCUT2D eigenvalue weighted by molar-refractivity contribution is 5.89. The van der Waals surface area contributed by atoms with Crippen LogP contribution in [0.15, 0.2) is 24.4 Å². The maximum absolute atomic E-state index is 12.6. The van der Waals surface area contributed by atoms with Crippen LogP contribution in [-0.2, 0) is 11.2 Å². The van der Waals surface area contributed by atoms with Crippen molar-refractivity contribution in [1.82, 2.24) is 9.88 Å². The molecule has 0 aliphatic carbocycles. The van der Waals surface area contributed by atoms with Crippen LogP contribution in [0.25, 0.3) is 10.9 Å². The average molecular weight is 300 g/mol. The van der Waals surface area contributed by atoms with Gasteiger partial charge in [0.2, 0.25) is 5.91 Å². The van der Waals surface area contributed by atoms with E-state index in [0.29, 0.717) is 12.5 Å². The van der Waals surface area contributed by atoms with Gasteiger partial charge in [0.05, 0.1) is 6.42 Å². The zero-order chi connectivity index (χ0) is 15.5. The van der Waals surface area contributed by atoms with Crippen LogP contribution in [0.4, 0.5) is 0 Å². The summed E-state index contributed by atoms with van der Waals surface area (Å²) in [4.78, 5) is 17.9. The van der Waals surface area contributed by atoms with E-state index in [4.69, 9.17) is 5.11 Å². The molecule has 1 saturated heterocycles. The molecule has 1 amide bonds. The fourth-order valence-electron chi connectivity index (χ4n) is 3.50. The molecule has 2 aromatic rings. The number of carbonyl (C=O) groups is 1. The van der Waals surface area contributed by atoms with Gasteiger partial charge < -0.3 is 15.0 Å². The van der Waals surface area contributed by atoms with Crippen molar-refractivity contribution >= 4 is 16.8 Å². The van der Waals surface area contributed by atoms with Crippen molar-refractivity contribution in [3.63, 3.8) is 0 Å². The number of nitrogens with zero attached hydrogens (tertiary/aromatic N) is 1. The van der Waals surface area contributed by atoms with Crippen LogP contribution in [0.3, 0.4) is 0 Å². The largest absolute Gasteiger partial charge is 0.396 e. The van der Waals surface area contributed by atoms with Gasteiger partial charge in [0.25, 0.3) is 0 Å². The molecule has 1 atom stereocenters. The average Bonchev–Trinajstić information content (AvgIpc) is 3.12.